The number of carbonyl (C=O) groups is 3. The highest BCUT2D eigenvalue weighted by molar-refractivity contribution is 5.86. The predicted molar refractivity (Wildman–Crippen MR) is 131 cm³/mol. The van der Waals surface area contributed by atoms with Crippen LogP contribution in [0.15, 0.2) is 48.5 Å². The molecule has 34 heavy (non-hydrogen) atoms. The number of aliphatic carboxylic acids is 1. The van der Waals surface area contributed by atoms with E-state index in [9.17, 15) is 14.4 Å². The summed E-state index contributed by atoms with van der Waals surface area (Å²) in [6.07, 6.45) is 2.62. The minimum Gasteiger partial charge on any atom is -0.481 e. The highest BCUT2D eigenvalue weighted by Gasteiger charge is 2.30. The Labute approximate surface area is 200 Å². The van der Waals surface area contributed by atoms with Crippen molar-refractivity contribution in [2.75, 3.05) is 6.61 Å². The van der Waals surface area contributed by atoms with Crippen molar-refractivity contribution in [1.82, 2.24) is 10.6 Å². The maximum Gasteiger partial charge on any atom is 0.407 e. The van der Waals surface area contributed by atoms with E-state index in [2.05, 4.69) is 22.8 Å². The molecule has 3 N–H and O–H groups in total. The van der Waals surface area contributed by atoms with Crippen molar-refractivity contribution in [1.29, 1.82) is 0 Å². The number of hydrogen-bond acceptors (Lipinski definition) is 4. The first kappa shape index (κ1) is 25.3. The van der Waals surface area contributed by atoms with E-state index in [0.717, 1.165) is 35.1 Å². The molecule has 0 heterocycles. The largest absolute Gasteiger partial charge is 0.481 e. The van der Waals surface area contributed by atoms with Crippen LogP contribution in [0.3, 0.4) is 0 Å². The Hall–Kier alpha value is -3.35. The molecule has 0 aliphatic heterocycles. The van der Waals surface area contributed by atoms with Crippen molar-refractivity contribution in [2.45, 2.75) is 70.4 Å². The molecular formula is C27H34N2O5. The molecule has 0 fully saturated rings. The first-order valence-electron chi connectivity index (χ1n) is 12.1. The summed E-state index contributed by atoms with van der Waals surface area (Å²) in [4.78, 5) is 36.7. The number of hydrogen-bond donors (Lipinski definition) is 3. The molecule has 0 saturated heterocycles. The summed E-state index contributed by atoms with van der Waals surface area (Å²) >= 11 is 0. The van der Waals surface area contributed by atoms with Gasteiger partial charge in [-0.15, -0.1) is 0 Å². The van der Waals surface area contributed by atoms with E-state index >= 15 is 0 Å². The number of benzene rings is 2. The molecule has 7 nitrogen and oxygen atoms in total. The lowest BCUT2D eigenvalue weighted by Gasteiger charge is -2.23. The number of unbranched alkanes of at least 4 members (excludes halogenated alkanes) is 1. The van der Waals surface area contributed by atoms with Gasteiger partial charge < -0.3 is 20.5 Å². The van der Waals surface area contributed by atoms with Gasteiger partial charge in [-0.25, -0.2) is 4.79 Å². The van der Waals surface area contributed by atoms with Crippen molar-refractivity contribution in [3.05, 3.63) is 59.7 Å². The van der Waals surface area contributed by atoms with Crippen molar-refractivity contribution < 1.29 is 24.2 Å². The number of alkyl carbamates (subject to hydrolysis) is 1. The van der Waals surface area contributed by atoms with E-state index in [1.54, 1.807) is 0 Å². The van der Waals surface area contributed by atoms with Crippen LogP contribution in [0.2, 0.25) is 0 Å². The smallest absolute Gasteiger partial charge is 0.407 e. The zero-order valence-corrected chi connectivity index (χ0v) is 19.9. The van der Waals surface area contributed by atoms with Gasteiger partial charge in [-0.3, -0.25) is 9.59 Å². The van der Waals surface area contributed by atoms with Gasteiger partial charge in [0.1, 0.15) is 12.6 Å². The molecular weight excluding hydrogens is 432 g/mol. The SMILES string of the molecule is CCCCC(CC(=O)O)NC(=O)[C@H](CCC)NC(=O)OCC1c2ccccc2-c2ccccc21. The summed E-state index contributed by atoms with van der Waals surface area (Å²) < 4.78 is 5.58. The Morgan fingerprint density at radius 1 is 0.912 bits per heavy atom. The number of ether oxygens (including phenoxy) is 1. The quantitative estimate of drug-likeness (QED) is 0.415. The van der Waals surface area contributed by atoms with Crippen LogP contribution < -0.4 is 10.6 Å². The molecule has 0 bridgehead atoms. The Balaban J connectivity index is 1.62. The summed E-state index contributed by atoms with van der Waals surface area (Å²) in [6.45, 7) is 4.10. The van der Waals surface area contributed by atoms with Gasteiger partial charge in [0, 0.05) is 12.0 Å². The monoisotopic (exact) mass is 466 g/mol. The molecule has 1 aliphatic rings. The van der Waals surface area contributed by atoms with E-state index in [1.165, 1.54) is 0 Å². The number of carboxylic acids is 1. The molecule has 1 unspecified atom stereocenters. The number of carboxylic acid groups (broad SMARTS) is 1. The molecule has 7 heteroatoms. The lowest BCUT2D eigenvalue weighted by atomic mass is 9.98. The van der Waals surface area contributed by atoms with Crippen LogP contribution >= 0.6 is 0 Å². The van der Waals surface area contributed by atoms with Crippen LogP contribution in [-0.4, -0.2) is 41.8 Å². The number of carbonyl (C=O) groups excluding carboxylic acids is 2. The molecule has 3 rings (SSSR count). The zero-order chi connectivity index (χ0) is 24.5. The molecule has 0 saturated carbocycles. The molecule has 2 aromatic rings. The molecule has 1 aliphatic carbocycles. The zero-order valence-electron chi connectivity index (χ0n) is 19.9. The van der Waals surface area contributed by atoms with Crippen LogP contribution in [0.4, 0.5) is 4.79 Å². The fourth-order valence-corrected chi connectivity index (χ4v) is 4.53. The van der Waals surface area contributed by atoms with Crippen molar-refractivity contribution in [3.63, 3.8) is 0 Å². The minimum absolute atomic E-state index is 0.0643. The molecule has 2 atom stereocenters. The average Bonchev–Trinajstić information content (AvgIpc) is 3.14. The Morgan fingerprint density at radius 3 is 2.09 bits per heavy atom. The number of amides is 2. The number of nitrogens with one attached hydrogen (secondary N) is 2. The van der Waals surface area contributed by atoms with E-state index < -0.39 is 24.1 Å². The summed E-state index contributed by atoms with van der Waals surface area (Å²) in [6, 6.07) is 14.9. The van der Waals surface area contributed by atoms with Gasteiger partial charge >= 0.3 is 12.1 Å². The van der Waals surface area contributed by atoms with Gasteiger partial charge in [0.25, 0.3) is 0 Å². The van der Waals surface area contributed by atoms with E-state index in [-0.39, 0.29) is 24.9 Å². The van der Waals surface area contributed by atoms with Crippen molar-refractivity contribution >= 4 is 18.0 Å². The van der Waals surface area contributed by atoms with Crippen LogP contribution in [0.25, 0.3) is 11.1 Å². The summed E-state index contributed by atoms with van der Waals surface area (Å²) in [7, 11) is 0. The van der Waals surface area contributed by atoms with Crippen molar-refractivity contribution in [2.24, 2.45) is 0 Å². The summed E-state index contributed by atoms with van der Waals surface area (Å²) in [5, 5.41) is 14.6. The second-order valence-corrected chi connectivity index (χ2v) is 8.76. The van der Waals surface area contributed by atoms with Gasteiger partial charge in [-0.2, -0.15) is 0 Å². The highest BCUT2D eigenvalue weighted by atomic mass is 16.5. The summed E-state index contributed by atoms with van der Waals surface area (Å²) in [5.74, 6) is -1.40. The van der Waals surface area contributed by atoms with Crippen molar-refractivity contribution in [3.8, 4) is 11.1 Å². The third-order valence-corrected chi connectivity index (χ3v) is 6.20. The van der Waals surface area contributed by atoms with Gasteiger partial charge in [-0.1, -0.05) is 81.6 Å². The second kappa shape index (κ2) is 12.2. The lowest BCUT2D eigenvalue weighted by molar-refractivity contribution is -0.137. The first-order valence-corrected chi connectivity index (χ1v) is 12.1. The van der Waals surface area contributed by atoms with Gasteiger partial charge in [0.05, 0.1) is 6.42 Å². The maximum absolute atomic E-state index is 12.8. The Morgan fingerprint density at radius 2 is 1.53 bits per heavy atom. The molecule has 182 valence electrons. The third kappa shape index (κ3) is 6.37. The normalized spacial score (nSPS) is 13.9. The third-order valence-electron chi connectivity index (χ3n) is 6.20. The number of fused-ring (bicyclic) bond motifs is 3. The fraction of sp³-hybridized carbons (Fsp3) is 0.444. The van der Waals surface area contributed by atoms with Crippen LogP contribution in [0.5, 0.6) is 0 Å². The molecule has 2 amide bonds. The van der Waals surface area contributed by atoms with Crippen LogP contribution in [0, 0.1) is 0 Å². The Kier molecular flexibility index (Phi) is 9.08. The van der Waals surface area contributed by atoms with Gasteiger partial charge in [0.15, 0.2) is 0 Å². The highest BCUT2D eigenvalue weighted by Crippen LogP contribution is 2.44. The van der Waals surface area contributed by atoms with E-state index in [4.69, 9.17) is 9.84 Å². The maximum atomic E-state index is 12.8. The van der Waals surface area contributed by atoms with E-state index in [0.29, 0.717) is 19.3 Å². The average molecular weight is 467 g/mol. The molecule has 0 aromatic heterocycles. The molecule has 0 spiro atoms. The predicted octanol–water partition coefficient (Wildman–Crippen LogP) is 4.84. The topological polar surface area (TPSA) is 105 Å². The molecule has 2 aromatic carbocycles. The lowest BCUT2D eigenvalue weighted by Crippen LogP contribution is -2.50. The van der Waals surface area contributed by atoms with Gasteiger partial charge in [-0.05, 0) is 35.1 Å². The number of rotatable bonds is 12. The van der Waals surface area contributed by atoms with E-state index in [1.807, 2.05) is 50.2 Å². The first-order chi connectivity index (χ1) is 16.4. The standard InChI is InChI=1S/C27H34N2O5/c1-3-5-11-18(16-25(30)31)28-26(32)24(10-4-2)29-27(33)34-17-23-21-14-8-6-12-19(21)20-13-7-9-15-22(20)23/h6-9,12-15,18,23-24H,3-5,10-11,16-17H2,1-2H3,(H,28,32)(H,29,33)(H,30,31)/t18?,24-/m0/s1. The van der Waals surface area contributed by atoms with Crippen LogP contribution in [0.1, 0.15) is 69.4 Å². The minimum atomic E-state index is -0.960. The van der Waals surface area contributed by atoms with Crippen LogP contribution in [-0.2, 0) is 14.3 Å². The molecule has 0 radical (unpaired) electrons. The fourth-order valence-electron chi connectivity index (χ4n) is 4.53. The summed E-state index contributed by atoms with van der Waals surface area (Å²) in [5.41, 5.74) is 4.53. The second-order valence-electron chi connectivity index (χ2n) is 8.76. The van der Waals surface area contributed by atoms with Gasteiger partial charge in [0.2, 0.25) is 5.91 Å². The Bertz CT molecular complexity index is 961.